The normalized spacial score (nSPS) is 16.7. The summed E-state index contributed by atoms with van der Waals surface area (Å²) in [6.07, 6.45) is 2.48. The molecule has 0 bridgehead atoms. The minimum Gasteiger partial charge on any atom is -0.478 e. The molecule has 1 aliphatic rings. The molecule has 0 atom stereocenters. The molecule has 1 aromatic carbocycles. The molecule has 3 heteroatoms. The molecule has 0 spiro atoms. The maximum atomic E-state index is 11.2. The Morgan fingerprint density at radius 2 is 2.11 bits per heavy atom. The van der Waals surface area contributed by atoms with E-state index in [-0.39, 0.29) is 0 Å². The van der Waals surface area contributed by atoms with E-state index in [1.165, 1.54) is 12.8 Å². The van der Waals surface area contributed by atoms with Gasteiger partial charge < -0.3 is 10.4 Å². The van der Waals surface area contributed by atoms with Crippen LogP contribution >= 0.6 is 0 Å². The Morgan fingerprint density at radius 3 is 2.61 bits per heavy atom. The topological polar surface area (TPSA) is 49.3 Å². The average Bonchev–Trinajstić information content (AvgIpc) is 3.08. The zero-order chi connectivity index (χ0) is 13.3. The molecule has 0 heterocycles. The summed E-state index contributed by atoms with van der Waals surface area (Å²) in [4.78, 5) is 11.2. The van der Waals surface area contributed by atoms with Crippen molar-refractivity contribution in [3.8, 4) is 0 Å². The highest BCUT2D eigenvalue weighted by Gasteiger charge is 2.44. The first-order chi connectivity index (χ1) is 8.44. The van der Waals surface area contributed by atoms with E-state index in [4.69, 9.17) is 0 Å². The van der Waals surface area contributed by atoms with Gasteiger partial charge in [0.15, 0.2) is 0 Å². The molecule has 0 radical (unpaired) electrons. The molecule has 1 saturated carbocycles. The lowest BCUT2D eigenvalue weighted by atomic mass is 9.92. The smallest absolute Gasteiger partial charge is 0.337 e. The van der Waals surface area contributed by atoms with Crippen LogP contribution in [0, 0.1) is 18.3 Å². The minimum absolute atomic E-state index is 0.370. The molecule has 2 rings (SSSR count). The van der Waals surface area contributed by atoms with Crippen LogP contribution in [-0.2, 0) is 0 Å². The number of aromatic carboxylic acids is 1. The Morgan fingerprint density at radius 1 is 1.44 bits per heavy atom. The van der Waals surface area contributed by atoms with Gasteiger partial charge in [-0.15, -0.1) is 0 Å². The van der Waals surface area contributed by atoms with Gasteiger partial charge in [0.1, 0.15) is 0 Å². The summed E-state index contributed by atoms with van der Waals surface area (Å²) in [5.41, 5.74) is 2.46. The third-order valence-corrected chi connectivity index (χ3v) is 4.15. The number of carboxylic acids is 1. The Hall–Kier alpha value is -1.51. The molecule has 0 amide bonds. The standard InChI is InChI=1S/C15H21NO2/c1-10(2)15(6-7-15)9-16-13-5-4-11(3)8-12(13)14(17)18/h4-5,8,10,16H,6-7,9H2,1-3H3,(H,17,18). The number of carbonyl (C=O) groups is 1. The molecule has 2 N–H and O–H groups in total. The SMILES string of the molecule is Cc1ccc(NCC2(C(C)C)CC2)c(C(=O)O)c1. The van der Waals surface area contributed by atoms with E-state index in [1.807, 2.05) is 19.1 Å². The first-order valence-electron chi connectivity index (χ1n) is 6.52. The molecule has 1 fully saturated rings. The van der Waals surface area contributed by atoms with Crippen molar-refractivity contribution in [2.75, 3.05) is 11.9 Å². The lowest BCUT2D eigenvalue weighted by Gasteiger charge is -2.21. The molecule has 18 heavy (non-hydrogen) atoms. The Balaban J connectivity index is 2.12. The van der Waals surface area contributed by atoms with Crippen LogP contribution in [0.2, 0.25) is 0 Å². The number of aryl methyl sites for hydroxylation is 1. The van der Waals surface area contributed by atoms with E-state index < -0.39 is 5.97 Å². The molecule has 0 unspecified atom stereocenters. The van der Waals surface area contributed by atoms with Gasteiger partial charge in [-0.1, -0.05) is 25.5 Å². The molecule has 98 valence electrons. The van der Waals surface area contributed by atoms with Crippen LogP contribution in [0.4, 0.5) is 5.69 Å². The second-order valence-corrected chi connectivity index (χ2v) is 5.72. The fourth-order valence-electron chi connectivity index (χ4n) is 2.38. The lowest BCUT2D eigenvalue weighted by Crippen LogP contribution is -2.21. The van der Waals surface area contributed by atoms with Gasteiger partial charge in [-0.05, 0) is 43.2 Å². The molecule has 1 aliphatic carbocycles. The van der Waals surface area contributed by atoms with Gasteiger partial charge in [0.25, 0.3) is 0 Å². The Bertz CT molecular complexity index is 462. The first-order valence-corrected chi connectivity index (χ1v) is 6.52. The molecular weight excluding hydrogens is 226 g/mol. The zero-order valence-electron chi connectivity index (χ0n) is 11.3. The van der Waals surface area contributed by atoms with Crippen molar-refractivity contribution in [3.63, 3.8) is 0 Å². The number of nitrogens with one attached hydrogen (secondary N) is 1. The largest absolute Gasteiger partial charge is 0.478 e. The molecule has 0 aliphatic heterocycles. The quantitative estimate of drug-likeness (QED) is 0.836. The summed E-state index contributed by atoms with van der Waals surface area (Å²) in [5.74, 6) is -0.223. The predicted molar refractivity (Wildman–Crippen MR) is 73.1 cm³/mol. The summed E-state index contributed by atoms with van der Waals surface area (Å²) < 4.78 is 0. The van der Waals surface area contributed by atoms with Crippen LogP contribution in [0.25, 0.3) is 0 Å². The van der Waals surface area contributed by atoms with Gasteiger partial charge in [-0.3, -0.25) is 0 Å². The maximum absolute atomic E-state index is 11.2. The van der Waals surface area contributed by atoms with Crippen molar-refractivity contribution < 1.29 is 9.90 Å². The van der Waals surface area contributed by atoms with Crippen LogP contribution < -0.4 is 5.32 Å². The second-order valence-electron chi connectivity index (χ2n) is 5.72. The highest BCUT2D eigenvalue weighted by molar-refractivity contribution is 5.94. The van der Waals surface area contributed by atoms with E-state index in [1.54, 1.807) is 6.07 Å². The van der Waals surface area contributed by atoms with Gasteiger partial charge in [-0.2, -0.15) is 0 Å². The summed E-state index contributed by atoms with van der Waals surface area (Å²) in [5, 5.41) is 12.5. The van der Waals surface area contributed by atoms with Crippen molar-refractivity contribution in [2.24, 2.45) is 11.3 Å². The number of anilines is 1. The van der Waals surface area contributed by atoms with Crippen LogP contribution in [0.1, 0.15) is 42.6 Å². The average molecular weight is 247 g/mol. The highest BCUT2D eigenvalue weighted by atomic mass is 16.4. The van der Waals surface area contributed by atoms with Crippen LogP contribution in [0.5, 0.6) is 0 Å². The number of benzene rings is 1. The van der Waals surface area contributed by atoms with Gasteiger partial charge in [-0.25, -0.2) is 4.79 Å². The Labute approximate surface area is 108 Å². The fraction of sp³-hybridized carbons (Fsp3) is 0.533. The van der Waals surface area contributed by atoms with Crippen molar-refractivity contribution in [1.29, 1.82) is 0 Å². The number of rotatable bonds is 5. The summed E-state index contributed by atoms with van der Waals surface area (Å²) >= 11 is 0. The second kappa shape index (κ2) is 4.63. The number of hydrogen-bond acceptors (Lipinski definition) is 2. The van der Waals surface area contributed by atoms with Gasteiger partial charge >= 0.3 is 5.97 Å². The van der Waals surface area contributed by atoms with E-state index in [0.29, 0.717) is 16.9 Å². The summed E-state index contributed by atoms with van der Waals surface area (Å²) in [6.45, 7) is 7.25. The van der Waals surface area contributed by atoms with Crippen molar-refractivity contribution in [1.82, 2.24) is 0 Å². The van der Waals surface area contributed by atoms with Gasteiger partial charge in [0.05, 0.1) is 5.56 Å². The molecular formula is C15H21NO2. The van der Waals surface area contributed by atoms with Crippen LogP contribution in [0.15, 0.2) is 18.2 Å². The van der Waals surface area contributed by atoms with Crippen molar-refractivity contribution >= 4 is 11.7 Å². The van der Waals surface area contributed by atoms with Crippen molar-refractivity contribution in [2.45, 2.75) is 33.6 Å². The molecule has 0 saturated heterocycles. The lowest BCUT2D eigenvalue weighted by molar-refractivity contribution is 0.0698. The molecule has 3 nitrogen and oxygen atoms in total. The number of hydrogen-bond donors (Lipinski definition) is 2. The minimum atomic E-state index is -0.865. The van der Waals surface area contributed by atoms with E-state index in [0.717, 1.165) is 17.8 Å². The van der Waals surface area contributed by atoms with E-state index in [9.17, 15) is 9.90 Å². The predicted octanol–water partition coefficient (Wildman–Crippen LogP) is 3.54. The number of carboxylic acid groups (broad SMARTS) is 1. The first kappa shape index (κ1) is 12.9. The van der Waals surface area contributed by atoms with Crippen LogP contribution in [-0.4, -0.2) is 17.6 Å². The van der Waals surface area contributed by atoms with E-state index in [2.05, 4.69) is 19.2 Å². The fourth-order valence-corrected chi connectivity index (χ4v) is 2.38. The zero-order valence-corrected chi connectivity index (χ0v) is 11.3. The van der Waals surface area contributed by atoms with Gasteiger partial charge in [0.2, 0.25) is 0 Å². The summed E-state index contributed by atoms with van der Waals surface area (Å²) in [7, 11) is 0. The monoisotopic (exact) mass is 247 g/mol. The molecule has 0 aromatic heterocycles. The van der Waals surface area contributed by atoms with E-state index >= 15 is 0 Å². The maximum Gasteiger partial charge on any atom is 0.337 e. The van der Waals surface area contributed by atoms with Gasteiger partial charge in [0, 0.05) is 12.2 Å². The highest BCUT2D eigenvalue weighted by Crippen LogP contribution is 2.51. The third kappa shape index (κ3) is 2.50. The van der Waals surface area contributed by atoms with Crippen LogP contribution in [0.3, 0.4) is 0 Å². The summed E-state index contributed by atoms with van der Waals surface area (Å²) in [6, 6.07) is 5.54. The van der Waals surface area contributed by atoms with Crippen molar-refractivity contribution in [3.05, 3.63) is 29.3 Å². The third-order valence-electron chi connectivity index (χ3n) is 4.15. The Kier molecular flexibility index (Phi) is 3.33. The molecule has 1 aromatic rings.